The van der Waals surface area contributed by atoms with Crippen molar-refractivity contribution in [3.05, 3.63) is 99.7 Å². The number of rotatable bonds is 7. The van der Waals surface area contributed by atoms with Gasteiger partial charge in [-0.05, 0) is 47.0 Å². The maximum Gasteiger partial charge on any atom is 0.329 e. The number of carbonyl (C=O) groups excluding carboxylic acids is 2. The Morgan fingerprint density at radius 1 is 0.938 bits per heavy atom. The van der Waals surface area contributed by atoms with Gasteiger partial charge >= 0.3 is 6.03 Å². The van der Waals surface area contributed by atoms with Crippen LogP contribution in [0.5, 0.6) is 11.5 Å². The molecule has 4 rings (SSSR count). The first-order chi connectivity index (χ1) is 15.5. The Morgan fingerprint density at radius 3 is 2.41 bits per heavy atom. The molecule has 3 amide bonds. The third kappa shape index (κ3) is 5.00. The monoisotopic (exact) mass is 492 g/mol. The van der Waals surface area contributed by atoms with E-state index in [1.807, 2.05) is 54.6 Å². The molecular formula is C25H21BrN2O4. The maximum absolute atomic E-state index is 12.8. The van der Waals surface area contributed by atoms with Gasteiger partial charge in [-0.15, -0.1) is 0 Å². The Balaban J connectivity index is 1.51. The number of ether oxygens (including phenoxy) is 2. The summed E-state index contributed by atoms with van der Waals surface area (Å²) in [4.78, 5) is 26.4. The molecule has 0 unspecified atom stereocenters. The number of methoxy groups -OCH3 is 1. The van der Waals surface area contributed by atoms with E-state index in [9.17, 15) is 9.59 Å². The van der Waals surface area contributed by atoms with Gasteiger partial charge in [0.2, 0.25) is 0 Å². The first kappa shape index (κ1) is 21.6. The Labute approximate surface area is 194 Å². The Hall–Kier alpha value is -3.58. The summed E-state index contributed by atoms with van der Waals surface area (Å²) in [5, 5.41) is 2.66. The molecule has 6 nitrogen and oxygen atoms in total. The van der Waals surface area contributed by atoms with E-state index in [1.165, 1.54) is 4.90 Å². The number of carbonyl (C=O) groups is 2. The lowest BCUT2D eigenvalue weighted by Gasteiger charge is -2.12. The van der Waals surface area contributed by atoms with E-state index in [2.05, 4.69) is 21.2 Å². The van der Waals surface area contributed by atoms with Gasteiger partial charge in [0.05, 0.1) is 13.7 Å². The van der Waals surface area contributed by atoms with Crippen molar-refractivity contribution in [2.24, 2.45) is 0 Å². The highest BCUT2D eigenvalue weighted by Crippen LogP contribution is 2.30. The molecular weight excluding hydrogens is 472 g/mol. The molecule has 0 atom stereocenters. The van der Waals surface area contributed by atoms with Crippen LogP contribution in [0.15, 0.2) is 83.0 Å². The van der Waals surface area contributed by atoms with Gasteiger partial charge in [-0.1, -0.05) is 64.5 Å². The third-order valence-corrected chi connectivity index (χ3v) is 5.48. The number of nitrogens with one attached hydrogen (secondary N) is 1. The highest BCUT2D eigenvalue weighted by atomic mass is 79.9. The van der Waals surface area contributed by atoms with Crippen molar-refractivity contribution in [1.29, 1.82) is 0 Å². The molecule has 7 heteroatoms. The lowest BCUT2D eigenvalue weighted by Crippen LogP contribution is -2.30. The summed E-state index contributed by atoms with van der Waals surface area (Å²) in [6, 6.07) is 22.2. The molecule has 1 saturated heterocycles. The molecule has 1 heterocycles. The quantitative estimate of drug-likeness (QED) is 0.366. The first-order valence-corrected chi connectivity index (χ1v) is 10.8. The second-order valence-corrected chi connectivity index (χ2v) is 8.11. The van der Waals surface area contributed by atoms with Gasteiger partial charge in [-0.3, -0.25) is 9.69 Å². The SMILES string of the molecule is COc1ccc(/C=C2/NC(=O)N(Cc3ccc(Br)cc3)C2=O)cc1OCc1ccccc1. The van der Waals surface area contributed by atoms with E-state index in [-0.39, 0.29) is 18.1 Å². The van der Waals surface area contributed by atoms with Gasteiger partial charge in [-0.25, -0.2) is 4.79 Å². The third-order valence-electron chi connectivity index (χ3n) is 4.95. The van der Waals surface area contributed by atoms with Crippen molar-refractivity contribution >= 4 is 33.9 Å². The van der Waals surface area contributed by atoms with Crippen LogP contribution in [0.4, 0.5) is 4.79 Å². The molecule has 1 fully saturated rings. The van der Waals surface area contributed by atoms with Crippen molar-refractivity contribution in [2.45, 2.75) is 13.2 Å². The van der Waals surface area contributed by atoms with Crippen molar-refractivity contribution in [3.63, 3.8) is 0 Å². The van der Waals surface area contributed by atoms with Gasteiger partial charge in [0, 0.05) is 4.47 Å². The summed E-state index contributed by atoms with van der Waals surface area (Å²) in [5.41, 5.74) is 2.81. The summed E-state index contributed by atoms with van der Waals surface area (Å²) in [7, 11) is 1.57. The minimum atomic E-state index is -0.446. The molecule has 162 valence electrons. The molecule has 0 saturated carbocycles. The maximum atomic E-state index is 12.8. The van der Waals surface area contributed by atoms with Gasteiger partial charge in [0.25, 0.3) is 5.91 Å². The second kappa shape index (κ2) is 9.70. The molecule has 0 bridgehead atoms. The standard InChI is InChI=1S/C25H21BrN2O4/c1-31-22-12-9-19(14-23(22)32-16-18-5-3-2-4-6-18)13-21-24(29)28(25(30)27-21)15-17-7-10-20(26)11-8-17/h2-14H,15-16H2,1H3,(H,27,30)/b21-13+. The van der Waals surface area contributed by atoms with Crippen LogP contribution < -0.4 is 14.8 Å². The minimum absolute atomic E-state index is 0.198. The average Bonchev–Trinajstić information content (AvgIpc) is 3.07. The number of nitrogens with zero attached hydrogens (tertiary/aromatic N) is 1. The minimum Gasteiger partial charge on any atom is -0.493 e. The lowest BCUT2D eigenvalue weighted by molar-refractivity contribution is -0.123. The van der Waals surface area contributed by atoms with Crippen LogP contribution in [0.3, 0.4) is 0 Å². The van der Waals surface area contributed by atoms with Crippen LogP contribution in [-0.2, 0) is 17.9 Å². The smallest absolute Gasteiger partial charge is 0.329 e. The van der Waals surface area contributed by atoms with Gasteiger partial charge in [-0.2, -0.15) is 0 Å². The Morgan fingerprint density at radius 2 is 1.69 bits per heavy atom. The molecule has 1 aliphatic heterocycles. The van der Waals surface area contributed by atoms with Crippen LogP contribution >= 0.6 is 15.9 Å². The van der Waals surface area contributed by atoms with Crippen molar-refractivity contribution in [3.8, 4) is 11.5 Å². The van der Waals surface area contributed by atoms with Crippen molar-refractivity contribution in [1.82, 2.24) is 10.2 Å². The fourth-order valence-corrected chi connectivity index (χ4v) is 3.55. The zero-order valence-electron chi connectivity index (χ0n) is 17.4. The molecule has 0 radical (unpaired) electrons. The van der Waals surface area contributed by atoms with E-state index in [1.54, 1.807) is 31.4 Å². The van der Waals surface area contributed by atoms with E-state index >= 15 is 0 Å². The van der Waals surface area contributed by atoms with Gasteiger partial charge < -0.3 is 14.8 Å². The fraction of sp³-hybridized carbons (Fsp3) is 0.120. The normalized spacial score (nSPS) is 14.6. The number of amides is 3. The van der Waals surface area contributed by atoms with Gasteiger partial charge in [0.1, 0.15) is 12.3 Å². The molecule has 0 aliphatic carbocycles. The second-order valence-electron chi connectivity index (χ2n) is 7.19. The van der Waals surface area contributed by atoms with Crippen LogP contribution in [0, 0.1) is 0 Å². The van der Waals surface area contributed by atoms with Crippen molar-refractivity contribution in [2.75, 3.05) is 7.11 Å². The highest BCUT2D eigenvalue weighted by molar-refractivity contribution is 9.10. The molecule has 3 aromatic carbocycles. The zero-order chi connectivity index (χ0) is 22.5. The molecule has 1 aliphatic rings. The Kier molecular flexibility index (Phi) is 6.56. The number of urea groups is 1. The molecule has 0 aromatic heterocycles. The van der Waals surface area contributed by atoms with Crippen LogP contribution in [-0.4, -0.2) is 23.9 Å². The summed E-state index contributed by atoms with van der Waals surface area (Å²) < 4.78 is 12.3. The number of hydrogen-bond acceptors (Lipinski definition) is 4. The zero-order valence-corrected chi connectivity index (χ0v) is 19.0. The molecule has 3 aromatic rings. The largest absolute Gasteiger partial charge is 0.493 e. The Bertz CT molecular complexity index is 1160. The van der Waals surface area contributed by atoms with E-state index in [0.717, 1.165) is 15.6 Å². The number of hydrogen-bond donors (Lipinski definition) is 1. The lowest BCUT2D eigenvalue weighted by atomic mass is 10.1. The summed E-state index contributed by atoms with van der Waals surface area (Å²) in [6.07, 6.45) is 1.64. The summed E-state index contributed by atoms with van der Waals surface area (Å²) >= 11 is 3.38. The summed E-state index contributed by atoms with van der Waals surface area (Å²) in [5.74, 6) is 0.761. The summed E-state index contributed by atoms with van der Waals surface area (Å²) in [6.45, 7) is 0.581. The van der Waals surface area contributed by atoms with Crippen LogP contribution in [0.1, 0.15) is 16.7 Å². The van der Waals surface area contributed by atoms with Crippen LogP contribution in [0.25, 0.3) is 6.08 Å². The molecule has 32 heavy (non-hydrogen) atoms. The number of imide groups is 1. The predicted octanol–water partition coefficient (Wildman–Crippen LogP) is 5.13. The van der Waals surface area contributed by atoms with E-state index in [4.69, 9.17) is 9.47 Å². The number of benzene rings is 3. The molecule has 0 spiro atoms. The first-order valence-electron chi connectivity index (χ1n) is 9.97. The van der Waals surface area contributed by atoms with Crippen LogP contribution in [0.2, 0.25) is 0 Å². The van der Waals surface area contributed by atoms with E-state index < -0.39 is 6.03 Å². The average molecular weight is 493 g/mol. The van der Waals surface area contributed by atoms with Crippen molar-refractivity contribution < 1.29 is 19.1 Å². The predicted molar refractivity (Wildman–Crippen MR) is 125 cm³/mol. The topological polar surface area (TPSA) is 67.9 Å². The molecule has 1 N–H and O–H groups in total. The van der Waals surface area contributed by atoms with E-state index in [0.29, 0.717) is 23.7 Å². The van der Waals surface area contributed by atoms with Gasteiger partial charge in [0.15, 0.2) is 11.5 Å². The fourth-order valence-electron chi connectivity index (χ4n) is 3.29. The number of halogens is 1. The highest BCUT2D eigenvalue weighted by Gasteiger charge is 2.33.